The summed E-state index contributed by atoms with van der Waals surface area (Å²) < 4.78 is 45.6. The van der Waals surface area contributed by atoms with E-state index in [-0.39, 0.29) is 16.9 Å². The molecule has 1 aromatic carbocycles. The molecule has 0 aliphatic carbocycles. The number of anilines is 1. The molecule has 25 heavy (non-hydrogen) atoms. The fourth-order valence-electron chi connectivity index (χ4n) is 2.68. The van der Waals surface area contributed by atoms with E-state index in [1.807, 2.05) is 18.7 Å². The van der Waals surface area contributed by atoms with Crippen LogP contribution < -0.4 is 9.62 Å². The molecule has 0 radical (unpaired) electrons. The van der Waals surface area contributed by atoms with E-state index in [1.165, 1.54) is 12.1 Å². The van der Waals surface area contributed by atoms with Gasteiger partial charge in [-0.05, 0) is 37.1 Å². The molecular weight excluding hydrogens is 347 g/mol. The maximum atomic E-state index is 12.9. The number of sulfonamides is 1. The van der Waals surface area contributed by atoms with Crippen molar-refractivity contribution in [3.8, 4) is 0 Å². The molecule has 0 unspecified atom stereocenters. The Kier molecular flexibility index (Phi) is 5.05. The van der Waals surface area contributed by atoms with Gasteiger partial charge in [0, 0.05) is 25.0 Å². The van der Waals surface area contributed by atoms with Gasteiger partial charge in [0.1, 0.15) is 5.82 Å². The first-order chi connectivity index (χ1) is 11.8. The third-order valence-corrected chi connectivity index (χ3v) is 5.70. The largest absolute Gasteiger partial charge is 0.324 e. The summed E-state index contributed by atoms with van der Waals surface area (Å²) in [5, 5.41) is 3.95. The molecule has 1 saturated heterocycles. The molecule has 9 heteroatoms. The monoisotopic (exact) mass is 368 g/mol. The SMILES string of the molecule is CC(C)c1noc(N2CCC(NS(=O)(=O)c3ccc(F)cc3)CC2)n1. The number of aromatic nitrogens is 2. The molecule has 1 aromatic heterocycles. The van der Waals surface area contributed by atoms with Crippen LogP contribution in [-0.2, 0) is 10.0 Å². The van der Waals surface area contributed by atoms with E-state index in [0.717, 1.165) is 12.1 Å². The molecule has 136 valence electrons. The summed E-state index contributed by atoms with van der Waals surface area (Å²) in [4.78, 5) is 6.39. The highest BCUT2D eigenvalue weighted by Crippen LogP contribution is 2.21. The minimum atomic E-state index is -3.65. The number of benzene rings is 1. The van der Waals surface area contributed by atoms with Crippen molar-refractivity contribution in [1.82, 2.24) is 14.9 Å². The van der Waals surface area contributed by atoms with Gasteiger partial charge in [-0.1, -0.05) is 19.0 Å². The lowest BCUT2D eigenvalue weighted by molar-refractivity contribution is 0.381. The lowest BCUT2D eigenvalue weighted by Crippen LogP contribution is -2.44. The quantitative estimate of drug-likeness (QED) is 0.871. The van der Waals surface area contributed by atoms with Gasteiger partial charge in [-0.3, -0.25) is 0 Å². The van der Waals surface area contributed by atoms with E-state index >= 15 is 0 Å². The third kappa shape index (κ3) is 4.16. The van der Waals surface area contributed by atoms with Crippen LogP contribution in [0.15, 0.2) is 33.7 Å². The highest BCUT2D eigenvalue weighted by atomic mass is 32.2. The van der Waals surface area contributed by atoms with Crippen LogP contribution in [0.25, 0.3) is 0 Å². The van der Waals surface area contributed by atoms with Gasteiger partial charge in [0.15, 0.2) is 5.82 Å². The van der Waals surface area contributed by atoms with Crippen LogP contribution in [0.1, 0.15) is 38.4 Å². The normalized spacial score (nSPS) is 16.6. The molecule has 0 atom stereocenters. The summed E-state index contributed by atoms with van der Waals surface area (Å²) in [6.07, 6.45) is 1.25. The predicted molar refractivity (Wildman–Crippen MR) is 90.3 cm³/mol. The molecule has 0 saturated carbocycles. The van der Waals surface area contributed by atoms with Crippen molar-refractivity contribution in [2.45, 2.75) is 43.5 Å². The minimum Gasteiger partial charge on any atom is -0.324 e. The van der Waals surface area contributed by atoms with Gasteiger partial charge < -0.3 is 9.42 Å². The Hall–Kier alpha value is -2.00. The molecule has 0 amide bonds. The van der Waals surface area contributed by atoms with Crippen molar-refractivity contribution in [1.29, 1.82) is 0 Å². The van der Waals surface area contributed by atoms with E-state index in [4.69, 9.17) is 4.52 Å². The second-order valence-corrected chi connectivity index (χ2v) is 8.14. The highest BCUT2D eigenvalue weighted by molar-refractivity contribution is 7.89. The summed E-state index contributed by atoms with van der Waals surface area (Å²) in [6.45, 7) is 5.23. The van der Waals surface area contributed by atoms with Gasteiger partial charge in [0.25, 0.3) is 0 Å². The van der Waals surface area contributed by atoms with E-state index < -0.39 is 15.8 Å². The number of hydrogen-bond donors (Lipinski definition) is 1. The number of hydrogen-bond acceptors (Lipinski definition) is 6. The second kappa shape index (κ2) is 7.09. The van der Waals surface area contributed by atoms with Crippen LogP contribution in [0.3, 0.4) is 0 Å². The number of piperidine rings is 1. The fourth-order valence-corrected chi connectivity index (χ4v) is 3.98. The maximum Gasteiger partial charge on any atom is 0.324 e. The first-order valence-corrected chi connectivity index (χ1v) is 9.70. The van der Waals surface area contributed by atoms with E-state index in [1.54, 1.807) is 0 Å². The number of rotatable bonds is 5. The van der Waals surface area contributed by atoms with E-state index in [9.17, 15) is 12.8 Å². The molecule has 1 N–H and O–H groups in total. The number of nitrogens with one attached hydrogen (secondary N) is 1. The van der Waals surface area contributed by atoms with Crippen molar-refractivity contribution in [2.75, 3.05) is 18.0 Å². The lowest BCUT2D eigenvalue weighted by Gasteiger charge is -2.30. The molecule has 1 fully saturated rings. The molecular formula is C16H21FN4O3S. The molecule has 2 aromatic rings. The van der Waals surface area contributed by atoms with Gasteiger partial charge in [-0.2, -0.15) is 4.98 Å². The molecule has 7 nitrogen and oxygen atoms in total. The average Bonchev–Trinajstić information content (AvgIpc) is 3.06. The molecule has 3 rings (SSSR count). The Balaban J connectivity index is 1.59. The standard InChI is InChI=1S/C16H21FN4O3S/c1-11(2)15-18-16(24-19-15)21-9-7-13(8-10-21)20-25(22,23)14-5-3-12(17)4-6-14/h3-6,11,13,20H,7-10H2,1-2H3. The van der Waals surface area contributed by atoms with Crippen LogP contribution in [0, 0.1) is 5.82 Å². The Bertz CT molecular complexity index is 812. The average molecular weight is 368 g/mol. The van der Waals surface area contributed by atoms with Gasteiger partial charge >= 0.3 is 6.01 Å². The van der Waals surface area contributed by atoms with E-state index in [2.05, 4.69) is 14.9 Å². The molecule has 1 aliphatic heterocycles. The van der Waals surface area contributed by atoms with E-state index in [0.29, 0.717) is 37.8 Å². The zero-order valence-electron chi connectivity index (χ0n) is 14.1. The van der Waals surface area contributed by atoms with Crippen molar-refractivity contribution < 1.29 is 17.3 Å². The Morgan fingerprint density at radius 1 is 1.24 bits per heavy atom. The first kappa shape index (κ1) is 17.8. The first-order valence-electron chi connectivity index (χ1n) is 8.21. The van der Waals surface area contributed by atoms with Crippen LogP contribution in [0.5, 0.6) is 0 Å². The second-order valence-electron chi connectivity index (χ2n) is 6.43. The molecule has 1 aliphatic rings. The Morgan fingerprint density at radius 3 is 2.44 bits per heavy atom. The maximum absolute atomic E-state index is 12.9. The zero-order valence-corrected chi connectivity index (χ0v) is 15.0. The molecule has 2 heterocycles. The summed E-state index contributed by atoms with van der Waals surface area (Å²) in [6, 6.07) is 5.09. The highest BCUT2D eigenvalue weighted by Gasteiger charge is 2.27. The lowest BCUT2D eigenvalue weighted by atomic mass is 10.1. The Morgan fingerprint density at radius 2 is 1.88 bits per heavy atom. The summed E-state index contributed by atoms with van der Waals surface area (Å²) in [7, 11) is -3.65. The van der Waals surface area contributed by atoms with Crippen LogP contribution >= 0.6 is 0 Å². The predicted octanol–water partition coefficient (Wildman–Crippen LogP) is 2.28. The smallest absolute Gasteiger partial charge is 0.324 e. The third-order valence-electron chi connectivity index (χ3n) is 4.16. The number of halogens is 1. The summed E-state index contributed by atoms with van der Waals surface area (Å²) >= 11 is 0. The van der Waals surface area contributed by atoms with Crippen molar-refractivity contribution in [3.05, 3.63) is 35.9 Å². The number of nitrogens with zero attached hydrogens (tertiary/aromatic N) is 3. The van der Waals surface area contributed by atoms with Gasteiger partial charge in [-0.25, -0.2) is 17.5 Å². The topological polar surface area (TPSA) is 88.3 Å². The summed E-state index contributed by atoms with van der Waals surface area (Å²) in [5.41, 5.74) is 0. The van der Waals surface area contributed by atoms with Crippen molar-refractivity contribution in [3.63, 3.8) is 0 Å². The van der Waals surface area contributed by atoms with Gasteiger partial charge in [-0.15, -0.1) is 0 Å². The van der Waals surface area contributed by atoms with Crippen molar-refractivity contribution >= 4 is 16.0 Å². The fraction of sp³-hybridized carbons (Fsp3) is 0.500. The molecule has 0 bridgehead atoms. The Labute approximate surface area is 146 Å². The van der Waals surface area contributed by atoms with Crippen LogP contribution in [0.4, 0.5) is 10.4 Å². The van der Waals surface area contributed by atoms with Crippen LogP contribution in [0.2, 0.25) is 0 Å². The minimum absolute atomic E-state index is 0.0646. The summed E-state index contributed by atoms with van der Waals surface area (Å²) in [5.74, 6) is 0.388. The van der Waals surface area contributed by atoms with Gasteiger partial charge in [0.2, 0.25) is 10.0 Å². The van der Waals surface area contributed by atoms with Gasteiger partial charge in [0.05, 0.1) is 4.90 Å². The zero-order chi connectivity index (χ0) is 18.0. The van der Waals surface area contributed by atoms with Crippen molar-refractivity contribution in [2.24, 2.45) is 0 Å². The molecule has 0 spiro atoms. The van der Waals surface area contributed by atoms with Crippen LogP contribution in [-0.4, -0.2) is 37.7 Å².